The lowest BCUT2D eigenvalue weighted by molar-refractivity contribution is 0.693. The van der Waals surface area contributed by atoms with Crippen molar-refractivity contribution in [3.8, 4) is 0 Å². The highest BCUT2D eigenvalue weighted by atomic mass is 14.3. The third-order valence-electron chi connectivity index (χ3n) is 2.22. The molecule has 2 rings (SSSR count). The van der Waals surface area contributed by atoms with Gasteiger partial charge in [0.1, 0.15) is 0 Å². The lowest BCUT2D eigenvalue weighted by Gasteiger charge is -2.02. The van der Waals surface area contributed by atoms with Crippen LogP contribution >= 0.6 is 0 Å². The molecule has 42 valence electrons. The van der Waals surface area contributed by atoms with Crippen molar-refractivity contribution in [3.05, 3.63) is 24.3 Å². The summed E-state index contributed by atoms with van der Waals surface area (Å²) >= 11 is 0. The zero-order chi connectivity index (χ0) is 5.56. The number of fused-ring (bicyclic) bond motifs is 2. The molecule has 0 spiro atoms. The molecule has 2 aliphatic rings. The van der Waals surface area contributed by atoms with E-state index < -0.39 is 0 Å². The molecule has 2 aliphatic carbocycles. The van der Waals surface area contributed by atoms with E-state index >= 15 is 0 Å². The van der Waals surface area contributed by atoms with Crippen LogP contribution in [-0.4, -0.2) is 0 Å². The van der Waals surface area contributed by atoms with Gasteiger partial charge in [0.15, 0.2) is 0 Å². The second-order valence-electron chi connectivity index (χ2n) is 2.85. The molecule has 0 heteroatoms. The molecule has 0 aromatic carbocycles. The highest BCUT2D eigenvalue weighted by molar-refractivity contribution is 5.24. The first-order valence-electron chi connectivity index (χ1n) is 3.22. The molecule has 0 heterocycles. The van der Waals surface area contributed by atoms with Gasteiger partial charge in [-0.2, -0.15) is 0 Å². The standard InChI is InChI=1S/C8H10/c1-6-4-7-2-3-8(6)5-7/h2-3,7-8H,1,4-5H2/t7?,8-/m1/s1. The molecule has 0 aromatic rings. The molecule has 2 bridgehead atoms. The lowest BCUT2D eigenvalue weighted by atomic mass is 10.0. The van der Waals surface area contributed by atoms with Crippen LogP contribution in [0.1, 0.15) is 12.8 Å². The Bertz CT molecular complexity index is 153. The predicted octanol–water partition coefficient (Wildman–Crippen LogP) is 2.14. The molecule has 1 saturated carbocycles. The van der Waals surface area contributed by atoms with Crippen molar-refractivity contribution in [2.45, 2.75) is 12.8 Å². The monoisotopic (exact) mass is 106 g/mol. The summed E-state index contributed by atoms with van der Waals surface area (Å²) in [7, 11) is 0. The number of hydrogen-bond acceptors (Lipinski definition) is 0. The van der Waals surface area contributed by atoms with Gasteiger partial charge in [-0.15, -0.1) is 0 Å². The summed E-state index contributed by atoms with van der Waals surface area (Å²) in [6.45, 7) is 3.99. The Morgan fingerprint density at radius 2 is 2.38 bits per heavy atom. The summed E-state index contributed by atoms with van der Waals surface area (Å²) in [5, 5.41) is 0. The third-order valence-corrected chi connectivity index (χ3v) is 2.22. The normalized spacial score (nSPS) is 41.8. The average molecular weight is 106 g/mol. The summed E-state index contributed by atoms with van der Waals surface area (Å²) < 4.78 is 0. The van der Waals surface area contributed by atoms with E-state index in [-0.39, 0.29) is 0 Å². The lowest BCUT2D eigenvalue weighted by Crippen LogP contribution is -1.88. The van der Waals surface area contributed by atoms with Crippen LogP contribution in [0.5, 0.6) is 0 Å². The van der Waals surface area contributed by atoms with Crippen LogP contribution in [-0.2, 0) is 0 Å². The van der Waals surface area contributed by atoms with Crippen LogP contribution in [0.15, 0.2) is 24.3 Å². The second-order valence-corrected chi connectivity index (χ2v) is 2.85. The van der Waals surface area contributed by atoms with Crippen LogP contribution in [0.4, 0.5) is 0 Å². The van der Waals surface area contributed by atoms with Crippen molar-refractivity contribution in [3.63, 3.8) is 0 Å². The zero-order valence-corrected chi connectivity index (χ0v) is 4.93. The summed E-state index contributed by atoms with van der Waals surface area (Å²) in [4.78, 5) is 0. The quantitative estimate of drug-likeness (QED) is 0.415. The Labute approximate surface area is 49.9 Å². The minimum atomic E-state index is 0.764. The maximum atomic E-state index is 3.99. The summed E-state index contributed by atoms with van der Waals surface area (Å²) in [6.07, 6.45) is 7.26. The second kappa shape index (κ2) is 1.25. The summed E-state index contributed by atoms with van der Waals surface area (Å²) in [6, 6.07) is 0. The number of allylic oxidation sites excluding steroid dienone is 3. The average Bonchev–Trinajstić information content (AvgIpc) is 2.23. The Morgan fingerprint density at radius 1 is 1.50 bits per heavy atom. The van der Waals surface area contributed by atoms with Crippen molar-refractivity contribution >= 4 is 0 Å². The first kappa shape index (κ1) is 4.37. The van der Waals surface area contributed by atoms with E-state index in [2.05, 4.69) is 18.7 Å². The zero-order valence-electron chi connectivity index (χ0n) is 4.93. The van der Waals surface area contributed by atoms with Crippen molar-refractivity contribution < 1.29 is 0 Å². The van der Waals surface area contributed by atoms with Gasteiger partial charge in [0.05, 0.1) is 0 Å². The van der Waals surface area contributed by atoms with Crippen molar-refractivity contribution in [2.75, 3.05) is 0 Å². The Balaban J connectivity index is 2.35. The van der Waals surface area contributed by atoms with Crippen LogP contribution in [0, 0.1) is 11.8 Å². The molecule has 1 unspecified atom stereocenters. The van der Waals surface area contributed by atoms with E-state index in [1.165, 1.54) is 18.4 Å². The number of rotatable bonds is 0. The maximum Gasteiger partial charge on any atom is -0.00199 e. The molecular formula is C8H10. The van der Waals surface area contributed by atoms with E-state index in [0.717, 1.165) is 11.8 Å². The molecule has 0 amide bonds. The van der Waals surface area contributed by atoms with E-state index in [0.29, 0.717) is 0 Å². The van der Waals surface area contributed by atoms with E-state index in [4.69, 9.17) is 0 Å². The van der Waals surface area contributed by atoms with Gasteiger partial charge in [0.2, 0.25) is 0 Å². The largest absolute Gasteiger partial charge is 0.0992 e. The Morgan fingerprint density at radius 3 is 2.62 bits per heavy atom. The first-order valence-corrected chi connectivity index (χ1v) is 3.22. The molecule has 8 heavy (non-hydrogen) atoms. The minimum Gasteiger partial charge on any atom is -0.0992 e. The third kappa shape index (κ3) is 0.405. The van der Waals surface area contributed by atoms with Gasteiger partial charge in [0, 0.05) is 0 Å². The molecule has 0 nitrogen and oxygen atoms in total. The fourth-order valence-corrected chi connectivity index (χ4v) is 1.72. The summed E-state index contributed by atoms with van der Waals surface area (Å²) in [5.74, 6) is 1.63. The Kier molecular flexibility index (Phi) is 0.682. The molecule has 0 aromatic heterocycles. The maximum absolute atomic E-state index is 3.99. The predicted molar refractivity (Wildman–Crippen MR) is 34.5 cm³/mol. The first-order chi connectivity index (χ1) is 3.86. The van der Waals surface area contributed by atoms with Crippen molar-refractivity contribution in [1.29, 1.82) is 0 Å². The molecule has 0 saturated heterocycles. The number of hydrogen-bond donors (Lipinski definition) is 0. The van der Waals surface area contributed by atoms with Crippen LogP contribution in [0.25, 0.3) is 0 Å². The van der Waals surface area contributed by atoms with Gasteiger partial charge in [-0.3, -0.25) is 0 Å². The molecular weight excluding hydrogens is 96.1 g/mol. The molecule has 1 fully saturated rings. The Hall–Kier alpha value is -0.520. The van der Waals surface area contributed by atoms with Crippen LogP contribution < -0.4 is 0 Å². The van der Waals surface area contributed by atoms with Crippen LogP contribution in [0.3, 0.4) is 0 Å². The van der Waals surface area contributed by atoms with Gasteiger partial charge in [-0.05, 0) is 24.7 Å². The fourth-order valence-electron chi connectivity index (χ4n) is 1.72. The van der Waals surface area contributed by atoms with Gasteiger partial charge in [-0.1, -0.05) is 24.3 Å². The summed E-state index contributed by atoms with van der Waals surface area (Å²) in [5.41, 5.74) is 1.46. The molecule has 0 radical (unpaired) electrons. The fraction of sp³-hybridized carbons (Fsp3) is 0.500. The minimum absolute atomic E-state index is 0.764. The van der Waals surface area contributed by atoms with E-state index in [1.54, 1.807) is 0 Å². The van der Waals surface area contributed by atoms with Crippen LogP contribution in [0.2, 0.25) is 0 Å². The van der Waals surface area contributed by atoms with Crippen molar-refractivity contribution in [2.24, 2.45) is 11.8 Å². The van der Waals surface area contributed by atoms with Gasteiger partial charge >= 0.3 is 0 Å². The molecule has 0 aliphatic heterocycles. The van der Waals surface area contributed by atoms with E-state index in [1.807, 2.05) is 0 Å². The SMILES string of the molecule is C=C1CC2C=C[C@@H]1C2. The molecule has 2 atom stereocenters. The van der Waals surface area contributed by atoms with Gasteiger partial charge < -0.3 is 0 Å². The highest BCUT2D eigenvalue weighted by Crippen LogP contribution is 2.41. The highest BCUT2D eigenvalue weighted by Gasteiger charge is 2.28. The van der Waals surface area contributed by atoms with Gasteiger partial charge in [0.25, 0.3) is 0 Å². The molecule has 0 N–H and O–H groups in total. The topological polar surface area (TPSA) is 0 Å². The van der Waals surface area contributed by atoms with Crippen molar-refractivity contribution in [1.82, 2.24) is 0 Å². The smallest absolute Gasteiger partial charge is 0.00199 e. The van der Waals surface area contributed by atoms with E-state index in [9.17, 15) is 0 Å². The van der Waals surface area contributed by atoms with Gasteiger partial charge in [-0.25, -0.2) is 0 Å².